The summed E-state index contributed by atoms with van der Waals surface area (Å²) in [7, 11) is 0. The zero-order valence-corrected chi connectivity index (χ0v) is 17.1. The van der Waals surface area contributed by atoms with Crippen molar-refractivity contribution < 1.29 is 37.1 Å². The maximum absolute atomic E-state index is 13.3. The number of halogens is 1. The molecule has 1 aromatic carbocycles. The molecule has 0 amide bonds. The van der Waals surface area contributed by atoms with E-state index >= 15 is 0 Å². The van der Waals surface area contributed by atoms with Gasteiger partial charge < -0.3 is 0 Å². The van der Waals surface area contributed by atoms with Crippen LogP contribution in [0.25, 0.3) is 0 Å². The number of benzene rings is 1. The minimum absolute atomic E-state index is 0. The van der Waals surface area contributed by atoms with Crippen molar-refractivity contribution in [3.8, 4) is 0 Å². The van der Waals surface area contributed by atoms with Crippen LogP contribution in [0, 0.1) is 29.6 Å². The summed E-state index contributed by atoms with van der Waals surface area (Å²) in [6.45, 7) is 2.38. The number of hydrogen-bond donors (Lipinski definition) is 0. The Balaban J connectivity index is 0.00000192. The molecule has 2 aliphatic carbocycles. The topological polar surface area (TPSA) is 0 Å². The molecule has 0 unspecified atom stereocenters. The Hall–Kier alpha value is -0.00610. The average molecular weight is 388 g/mol. The second-order valence-electron chi connectivity index (χ2n) is 7.49. The normalized spacial score (nSPS) is 31.7. The summed E-state index contributed by atoms with van der Waals surface area (Å²) in [6.07, 6.45) is 15.5. The Morgan fingerprint density at radius 2 is 1.52 bits per heavy atom. The second kappa shape index (κ2) is 9.47. The van der Waals surface area contributed by atoms with Crippen molar-refractivity contribution in [1.82, 2.24) is 0 Å². The van der Waals surface area contributed by atoms with Crippen LogP contribution in [-0.2, 0) is 32.7 Å². The van der Waals surface area contributed by atoms with Crippen molar-refractivity contribution in [1.29, 1.82) is 0 Å². The van der Waals surface area contributed by atoms with Crippen LogP contribution in [0.3, 0.4) is 0 Å². The third-order valence-electron chi connectivity index (χ3n) is 5.75. The molecule has 120 valence electrons. The molecule has 0 radical (unpaired) electrons. The smallest absolute Gasteiger partial charge is 0.236 e. The molecule has 2 saturated carbocycles. The van der Waals surface area contributed by atoms with E-state index in [2.05, 4.69) is 25.1 Å². The first kappa shape index (κ1) is 19.3. The standard InChI is InChI=1S/C21H28F.Y/c1-16-5-7-17(8-6-16)9-10-18-11-13-19(14-12-18)20-3-2-4-21(22)15-20;/h2-3,9-10,15-19H,5-8,11-14H2,1H3;/q-1;+3/b10-9+;. The fraction of sp³-hybridized carbons (Fsp3) is 0.619. The summed E-state index contributed by atoms with van der Waals surface area (Å²) in [5.41, 5.74) is 1.17. The van der Waals surface area contributed by atoms with Crippen LogP contribution in [0.2, 0.25) is 0 Å². The average Bonchev–Trinajstić information content (AvgIpc) is 2.55. The van der Waals surface area contributed by atoms with Crippen molar-refractivity contribution in [3.63, 3.8) is 0 Å². The Morgan fingerprint density at radius 1 is 0.957 bits per heavy atom. The van der Waals surface area contributed by atoms with E-state index in [-0.39, 0.29) is 38.5 Å². The van der Waals surface area contributed by atoms with Crippen LogP contribution in [0.15, 0.2) is 30.4 Å². The van der Waals surface area contributed by atoms with Gasteiger partial charge in [0.05, 0.1) is 0 Å². The van der Waals surface area contributed by atoms with Crippen LogP contribution >= 0.6 is 0 Å². The summed E-state index contributed by atoms with van der Waals surface area (Å²) in [5.74, 6) is 2.84. The van der Waals surface area contributed by atoms with Gasteiger partial charge in [0, 0.05) is 5.82 Å². The molecule has 0 saturated heterocycles. The van der Waals surface area contributed by atoms with Gasteiger partial charge in [-0.15, -0.1) is 12.1 Å². The molecule has 2 aliphatic rings. The molecule has 0 N–H and O–H groups in total. The van der Waals surface area contributed by atoms with Crippen molar-refractivity contribution in [2.75, 3.05) is 0 Å². The van der Waals surface area contributed by atoms with Crippen molar-refractivity contribution in [2.45, 2.75) is 64.2 Å². The monoisotopic (exact) mass is 388 g/mol. The second-order valence-corrected chi connectivity index (χ2v) is 7.49. The quantitative estimate of drug-likeness (QED) is 0.422. The van der Waals surface area contributed by atoms with Gasteiger partial charge in [-0.1, -0.05) is 31.9 Å². The fourth-order valence-corrected chi connectivity index (χ4v) is 4.15. The first-order valence-electron chi connectivity index (χ1n) is 9.06. The van der Waals surface area contributed by atoms with Gasteiger partial charge in [0.15, 0.2) is 0 Å². The minimum Gasteiger partial charge on any atom is -0.236 e. The number of allylic oxidation sites excluding steroid dienone is 2. The van der Waals surface area contributed by atoms with E-state index in [0.717, 1.165) is 17.8 Å². The summed E-state index contributed by atoms with van der Waals surface area (Å²) in [4.78, 5) is 0. The van der Waals surface area contributed by atoms with E-state index in [9.17, 15) is 4.39 Å². The van der Waals surface area contributed by atoms with E-state index in [1.807, 2.05) is 6.07 Å². The van der Waals surface area contributed by atoms with Gasteiger partial charge in [0.1, 0.15) is 0 Å². The molecule has 0 aliphatic heterocycles. The van der Waals surface area contributed by atoms with Crippen molar-refractivity contribution in [3.05, 3.63) is 47.8 Å². The summed E-state index contributed by atoms with van der Waals surface area (Å²) in [6, 6.07) is 8.03. The number of rotatable bonds is 3. The predicted octanol–water partition coefficient (Wildman–Crippen LogP) is 6.28. The van der Waals surface area contributed by atoms with Gasteiger partial charge in [-0.25, -0.2) is 4.39 Å². The maximum atomic E-state index is 13.3. The van der Waals surface area contributed by atoms with E-state index in [4.69, 9.17) is 0 Å². The zero-order chi connectivity index (χ0) is 15.4. The Kier molecular flexibility index (Phi) is 7.96. The van der Waals surface area contributed by atoms with Crippen molar-refractivity contribution >= 4 is 0 Å². The molecular weight excluding hydrogens is 360 g/mol. The first-order valence-corrected chi connectivity index (χ1v) is 9.06. The third kappa shape index (κ3) is 5.78. The zero-order valence-electron chi connectivity index (χ0n) is 14.3. The Bertz CT molecular complexity index is 494. The minimum atomic E-state index is -0.217. The van der Waals surface area contributed by atoms with Gasteiger partial charge >= 0.3 is 32.7 Å². The number of hydrogen-bond acceptors (Lipinski definition) is 0. The van der Waals surface area contributed by atoms with Crippen LogP contribution in [0.4, 0.5) is 4.39 Å². The molecular formula is C21H28FY+2. The van der Waals surface area contributed by atoms with Gasteiger partial charge in [-0.2, -0.15) is 17.7 Å². The van der Waals surface area contributed by atoms with Crippen LogP contribution in [0.5, 0.6) is 0 Å². The molecule has 0 bridgehead atoms. The fourth-order valence-electron chi connectivity index (χ4n) is 4.15. The van der Waals surface area contributed by atoms with Crippen LogP contribution in [-0.4, -0.2) is 0 Å². The van der Waals surface area contributed by atoms with Gasteiger partial charge in [-0.3, -0.25) is 0 Å². The molecule has 3 rings (SSSR count). The molecule has 2 fully saturated rings. The predicted molar refractivity (Wildman–Crippen MR) is 90.2 cm³/mol. The molecule has 2 heteroatoms. The molecule has 0 heterocycles. The van der Waals surface area contributed by atoms with E-state index in [1.54, 1.807) is 12.1 Å². The molecule has 0 aromatic heterocycles. The Morgan fingerprint density at radius 3 is 2.09 bits per heavy atom. The summed E-state index contributed by atoms with van der Waals surface area (Å²) in [5, 5.41) is 0. The molecule has 1 aromatic rings. The maximum Gasteiger partial charge on any atom is 3.00 e. The van der Waals surface area contributed by atoms with Gasteiger partial charge in [0.25, 0.3) is 0 Å². The summed E-state index contributed by atoms with van der Waals surface area (Å²) >= 11 is 0. The molecule has 0 atom stereocenters. The third-order valence-corrected chi connectivity index (χ3v) is 5.75. The molecule has 23 heavy (non-hydrogen) atoms. The van der Waals surface area contributed by atoms with Gasteiger partial charge in [-0.05, 0) is 62.2 Å². The summed E-state index contributed by atoms with van der Waals surface area (Å²) < 4.78 is 13.3. The molecule has 0 spiro atoms. The van der Waals surface area contributed by atoms with Crippen molar-refractivity contribution in [2.24, 2.45) is 17.8 Å². The SMILES string of the molecule is CC1CCC(/C=C/C2CCC(c3cc[c-]c(F)c3)CC2)CC1.[Y+3]. The molecule has 0 nitrogen and oxygen atoms in total. The van der Waals surface area contributed by atoms with E-state index < -0.39 is 0 Å². The van der Waals surface area contributed by atoms with E-state index in [0.29, 0.717) is 5.92 Å². The van der Waals surface area contributed by atoms with Crippen LogP contribution < -0.4 is 0 Å². The first-order chi connectivity index (χ1) is 10.7. The Labute approximate surface area is 166 Å². The van der Waals surface area contributed by atoms with Gasteiger partial charge in [0.2, 0.25) is 0 Å². The largest absolute Gasteiger partial charge is 3.00 e. The van der Waals surface area contributed by atoms with E-state index in [1.165, 1.54) is 56.9 Å². The van der Waals surface area contributed by atoms with Crippen LogP contribution in [0.1, 0.15) is 69.8 Å².